The maximum absolute atomic E-state index is 13.1. The quantitative estimate of drug-likeness (QED) is 0.543. The van der Waals surface area contributed by atoms with Crippen LogP contribution in [0.25, 0.3) is 0 Å². The van der Waals surface area contributed by atoms with Crippen LogP contribution in [0.3, 0.4) is 0 Å². The summed E-state index contributed by atoms with van der Waals surface area (Å²) in [6.45, 7) is 2.13. The lowest BCUT2D eigenvalue weighted by atomic mass is 10.2. The predicted octanol–water partition coefficient (Wildman–Crippen LogP) is 3.77. The zero-order valence-electron chi connectivity index (χ0n) is 7.63. The largest absolute Gasteiger partial charge is 0.207 e. The first-order chi connectivity index (χ1) is 6.34. The molecule has 0 fully saturated rings. The molecule has 0 nitrogen and oxygen atoms in total. The van der Waals surface area contributed by atoms with Crippen LogP contribution in [-0.2, 0) is 6.42 Å². The van der Waals surface area contributed by atoms with E-state index in [0.717, 1.165) is 23.5 Å². The normalized spacial score (nSPS) is 10.3. The SMILES string of the molecule is CCSSCCc1ccccc1F. The van der Waals surface area contributed by atoms with Crippen molar-refractivity contribution in [1.29, 1.82) is 0 Å². The van der Waals surface area contributed by atoms with Crippen molar-refractivity contribution in [2.24, 2.45) is 0 Å². The van der Waals surface area contributed by atoms with Crippen molar-refractivity contribution in [3.8, 4) is 0 Å². The van der Waals surface area contributed by atoms with Gasteiger partial charge in [0, 0.05) is 11.5 Å². The van der Waals surface area contributed by atoms with Gasteiger partial charge in [-0.05, 0) is 18.1 Å². The van der Waals surface area contributed by atoms with Gasteiger partial charge in [-0.15, -0.1) is 0 Å². The Hall–Kier alpha value is -0.150. The molecular weight excluding hydrogens is 203 g/mol. The monoisotopic (exact) mass is 216 g/mol. The molecule has 13 heavy (non-hydrogen) atoms. The summed E-state index contributed by atoms with van der Waals surface area (Å²) >= 11 is 0. The number of hydrogen-bond donors (Lipinski definition) is 0. The average molecular weight is 216 g/mol. The van der Waals surface area contributed by atoms with E-state index in [1.165, 1.54) is 6.07 Å². The van der Waals surface area contributed by atoms with Crippen LogP contribution in [0.5, 0.6) is 0 Å². The van der Waals surface area contributed by atoms with Crippen molar-refractivity contribution in [2.75, 3.05) is 11.5 Å². The molecule has 0 aromatic heterocycles. The molecule has 0 amide bonds. The topological polar surface area (TPSA) is 0 Å². The van der Waals surface area contributed by atoms with E-state index in [9.17, 15) is 4.39 Å². The predicted molar refractivity (Wildman–Crippen MR) is 60.7 cm³/mol. The molecule has 1 rings (SSSR count). The summed E-state index contributed by atoms with van der Waals surface area (Å²) in [5.74, 6) is 2.02. The highest BCUT2D eigenvalue weighted by molar-refractivity contribution is 8.76. The second-order valence-corrected chi connectivity index (χ2v) is 5.44. The van der Waals surface area contributed by atoms with E-state index in [2.05, 4.69) is 6.92 Å². The summed E-state index contributed by atoms with van der Waals surface area (Å²) in [6.07, 6.45) is 0.824. The average Bonchev–Trinajstić information content (AvgIpc) is 2.15. The molecule has 0 spiro atoms. The van der Waals surface area contributed by atoms with Gasteiger partial charge in [0.1, 0.15) is 5.82 Å². The van der Waals surface area contributed by atoms with Crippen molar-refractivity contribution >= 4 is 21.6 Å². The number of hydrogen-bond acceptors (Lipinski definition) is 2. The van der Waals surface area contributed by atoms with Crippen LogP contribution in [0.2, 0.25) is 0 Å². The van der Waals surface area contributed by atoms with E-state index in [0.29, 0.717) is 0 Å². The second-order valence-electron chi connectivity index (χ2n) is 2.57. The Labute approximate surface area is 86.7 Å². The molecule has 0 aliphatic carbocycles. The standard InChI is InChI=1S/C10H13FS2/c1-2-12-13-8-7-9-5-3-4-6-10(9)11/h3-6H,2,7-8H2,1H3. The van der Waals surface area contributed by atoms with Gasteiger partial charge in [0.05, 0.1) is 0 Å². The molecular formula is C10H13FS2. The van der Waals surface area contributed by atoms with Crippen LogP contribution in [0.4, 0.5) is 4.39 Å². The first-order valence-corrected chi connectivity index (χ1v) is 6.81. The smallest absolute Gasteiger partial charge is 0.126 e. The van der Waals surface area contributed by atoms with Crippen LogP contribution in [0.15, 0.2) is 24.3 Å². The molecule has 0 heterocycles. The molecule has 0 saturated carbocycles. The van der Waals surface area contributed by atoms with E-state index in [4.69, 9.17) is 0 Å². The Morgan fingerprint density at radius 3 is 2.69 bits per heavy atom. The fourth-order valence-electron chi connectivity index (χ4n) is 0.995. The highest BCUT2D eigenvalue weighted by Gasteiger charge is 1.99. The fraction of sp³-hybridized carbons (Fsp3) is 0.400. The molecule has 1 aromatic carbocycles. The third-order valence-corrected chi connectivity index (χ3v) is 4.09. The van der Waals surface area contributed by atoms with Gasteiger partial charge in [-0.3, -0.25) is 0 Å². The number of halogens is 1. The van der Waals surface area contributed by atoms with Gasteiger partial charge in [0.2, 0.25) is 0 Å². The summed E-state index contributed by atoms with van der Waals surface area (Å²) in [4.78, 5) is 0. The first kappa shape index (κ1) is 10.9. The molecule has 0 aliphatic heterocycles. The maximum atomic E-state index is 13.1. The summed E-state index contributed by atoms with van der Waals surface area (Å²) in [5.41, 5.74) is 0.826. The van der Waals surface area contributed by atoms with E-state index in [1.54, 1.807) is 16.9 Å². The molecule has 0 radical (unpaired) electrons. The summed E-state index contributed by atoms with van der Waals surface area (Å²) < 4.78 is 13.1. The zero-order valence-corrected chi connectivity index (χ0v) is 9.26. The molecule has 0 bridgehead atoms. The van der Waals surface area contributed by atoms with Crippen molar-refractivity contribution < 1.29 is 4.39 Å². The van der Waals surface area contributed by atoms with Crippen LogP contribution < -0.4 is 0 Å². The zero-order chi connectivity index (χ0) is 9.52. The minimum Gasteiger partial charge on any atom is -0.207 e. The van der Waals surface area contributed by atoms with Gasteiger partial charge >= 0.3 is 0 Å². The lowest BCUT2D eigenvalue weighted by molar-refractivity contribution is 0.613. The number of rotatable bonds is 5. The first-order valence-electron chi connectivity index (χ1n) is 4.32. The van der Waals surface area contributed by atoms with Crippen LogP contribution in [0.1, 0.15) is 12.5 Å². The van der Waals surface area contributed by atoms with Crippen LogP contribution in [0, 0.1) is 5.82 Å². The van der Waals surface area contributed by atoms with Crippen molar-refractivity contribution in [3.63, 3.8) is 0 Å². The number of benzene rings is 1. The minimum atomic E-state index is -0.0791. The molecule has 0 saturated heterocycles. The third-order valence-electron chi connectivity index (χ3n) is 1.61. The highest BCUT2D eigenvalue weighted by atomic mass is 33.1. The van der Waals surface area contributed by atoms with Crippen LogP contribution >= 0.6 is 21.6 Å². The molecule has 0 unspecified atom stereocenters. The Bertz CT molecular complexity index is 250. The van der Waals surface area contributed by atoms with Crippen molar-refractivity contribution in [1.82, 2.24) is 0 Å². The van der Waals surface area contributed by atoms with Gasteiger partial charge in [-0.25, -0.2) is 4.39 Å². The van der Waals surface area contributed by atoms with E-state index >= 15 is 0 Å². The van der Waals surface area contributed by atoms with Crippen LogP contribution in [-0.4, -0.2) is 11.5 Å². The lowest BCUT2D eigenvalue weighted by Gasteiger charge is -2.01. The molecule has 1 aromatic rings. The highest BCUT2D eigenvalue weighted by Crippen LogP contribution is 2.21. The summed E-state index contributed by atoms with van der Waals surface area (Å²) in [5, 5.41) is 0. The molecule has 72 valence electrons. The molecule has 0 N–H and O–H groups in total. The Kier molecular flexibility index (Phi) is 5.32. The second kappa shape index (κ2) is 6.33. The van der Waals surface area contributed by atoms with Gasteiger partial charge in [-0.1, -0.05) is 46.7 Å². The van der Waals surface area contributed by atoms with E-state index < -0.39 is 0 Å². The maximum Gasteiger partial charge on any atom is 0.126 e. The fourth-order valence-corrected chi connectivity index (χ4v) is 2.69. The minimum absolute atomic E-state index is 0.0791. The Balaban J connectivity index is 2.32. The van der Waals surface area contributed by atoms with Gasteiger partial charge in [0.15, 0.2) is 0 Å². The Morgan fingerprint density at radius 2 is 2.00 bits per heavy atom. The third kappa shape index (κ3) is 4.05. The van der Waals surface area contributed by atoms with Gasteiger partial charge in [-0.2, -0.15) is 0 Å². The molecule has 0 atom stereocenters. The van der Waals surface area contributed by atoms with E-state index in [1.807, 2.05) is 22.9 Å². The lowest BCUT2D eigenvalue weighted by Crippen LogP contribution is -1.91. The van der Waals surface area contributed by atoms with E-state index in [-0.39, 0.29) is 5.82 Å². The number of aryl methyl sites for hydroxylation is 1. The van der Waals surface area contributed by atoms with Gasteiger partial charge < -0.3 is 0 Å². The van der Waals surface area contributed by atoms with Gasteiger partial charge in [0.25, 0.3) is 0 Å². The Morgan fingerprint density at radius 1 is 1.23 bits per heavy atom. The summed E-state index contributed by atoms with van der Waals surface area (Å²) in [7, 11) is 3.63. The molecule has 3 heteroatoms. The van der Waals surface area contributed by atoms with Crippen molar-refractivity contribution in [3.05, 3.63) is 35.6 Å². The van der Waals surface area contributed by atoms with Crippen molar-refractivity contribution in [2.45, 2.75) is 13.3 Å². The summed E-state index contributed by atoms with van der Waals surface area (Å²) in [6, 6.07) is 6.99. The molecule has 0 aliphatic rings.